The fourth-order valence-corrected chi connectivity index (χ4v) is 6.83. The van der Waals surface area contributed by atoms with Gasteiger partial charge in [-0.2, -0.15) is 4.31 Å². The molecule has 2 aromatic heterocycles. The first-order valence-corrected chi connectivity index (χ1v) is 11.9. The fourth-order valence-electron chi connectivity index (χ4n) is 3.14. The number of carbonyl (C=O) groups is 1. The summed E-state index contributed by atoms with van der Waals surface area (Å²) in [4.78, 5) is 16.2. The smallest absolute Gasteiger partial charge is 0.349 e. The normalized spacial score (nSPS) is 16.2. The Balaban J connectivity index is 1.43. The Kier molecular flexibility index (Phi) is 5.56. The summed E-state index contributed by atoms with van der Waals surface area (Å²) in [6, 6.07) is 5.79. The predicted molar refractivity (Wildman–Crippen MR) is 108 cm³/mol. The summed E-state index contributed by atoms with van der Waals surface area (Å²) in [5.41, 5.74) is 0.666. The Morgan fingerprint density at radius 1 is 1.28 bits per heavy atom. The van der Waals surface area contributed by atoms with Crippen LogP contribution < -0.4 is 4.74 Å². The average molecular weight is 457 g/mol. The topological polar surface area (TPSA) is 85.8 Å². The summed E-state index contributed by atoms with van der Waals surface area (Å²) >= 11 is 2.30. The summed E-state index contributed by atoms with van der Waals surface area (Å²) in [5.74, 6) is -0.991. The second kappa shape index (κ2) is 7.98. The minimum Gasteiger partial charge on any atom is -0.467 e. The van der Waals surface area contributed by atoms with E-state index < -0.39 is 16.0 Å². The zero-order chi connectivity index (χ0) is 20.6. The van der Waals surface area contributed by atoms with Crippen LogP contribution in [0.25, 0.3) is 10.2 Å². The number of fused-ring (bicyclic) bond motifs is 1. The summed E-state index contributed by atoms with van der Waals surface area (Å²) in [7, 11) is -2.57. The summed E-state index contributed by atoms with van der Waals surface area (Å²) < 4.78 is 51.8. The van der Waals surface area contributed by atoms with Crippen molar-refractivity contribution in [3.63, 3.8) is 0 Å². The van der Waals surface area contributed by atoms with Gasteiger partial charge in [-0.05, 0) is 42.5 Å². The van der Waals surface area contributed by atoms with Gasteiger partial charge in [0.2, 0.25) is 10.0 Å². The lowest BCUT2D eigenvalue weighted by Gasteiger charge is -2.30. The molecule has 1 aromatic carbocycles. The molecular formula is C18H17FN2O5S3. The monoisotopic (exact) mass is 456 g/mol. The standard InChI is InChI=1S/C18H17FN2O5S3/c1-25-17(22)16-15(6-9-27-16)29(23,24)21-7-4-12(5-8-21)26-18-20-13-3-2-11(19)10-14(13)28-18/h2-3,6,9-10,12H,4-5,7-8H2,1H3. The van der Waals surface area contributed by atoms with Crippen LogP contribution in [0.2, 0.25) is 0 Å². The Bertz CT molecular complexity index is 1150. The van der Waals surface area contributed by atoms with Gasteiger partial charge in [0.05, 0.1) is 17.3 Å². The van der Waals surface area contributed by atoms with E-state index in [9.17, 15) is 17.6 Å². The lowest BCUT2D eigenvalue weighted by Crippen LogP contribution is -2.41. The van der Waals surface area contributed by atoms with E-state index in [0.29, 0.717) is 28.3 Å². The van der Waals surface area contributed by atoms with Crippen molar-refractivity contribution >= 4 is 48.9 Å². The molecule has 0 saturated carbocycles. The van der Waals surface area contributed by atoms with Gasteiger partial charge in [-0.1, -0.05) is 11.3 Å². The number of benzene rings is 1. The van der Waals surface area contributed by atoms with Crippen molar-refractivity contribution in [2.24, 2.45) is 0 Å². The van der Waals surface area contributed by atoms with E-state index >= 15 is 0 Å². The second-order valence-corrected chi connectivity index (χ2v) is 10.2. The van der Waals surface area contributed by atoms with Gasteiger partial charge in [0.1, 0.15) is 21.7 Å². The van der Waals surface area contributed by atoms with Gasteiger partial charge < -0.3 is 9.47 Å². The molecule has 1 fully saturated rings. The van der Waals surface area contributed by atoms with Crippen LogP contribution in [0.15, 0.2) is 34.5 Å². The maximum Gasteiger partial charge on any atom is 0.349 e. The van der Waals surface area contributed by atoms with Crippen LogP contribution in [0, 0.1) is 5.82 Å². The number of aromatic nitrogens is 1. The third-order valence-corrected chi connectivity index (χ3v) is 8.49. The van der Waals surface area contributed by atoms with E-state index in [1.54, 1.807) is 11.4 Å². The van der Waals surface area contributed by atoms with Gasteiger partial charge in [0.25, 0.3) is 5.19 Å². The van der Waals surface area contributed by atoms with Gasteiger partial charge in [0, 0.05) is 13.1 Å². The largest absolute Gasteiger partial charge is 0.467 e. The third kappa shape index (κ3) is 4.00. The number of hydrogen-bond acceptors (Lipinski definition) is 8. The van der Waals surface area contributed by atoms with Crippen molar-refractivity contribution < 1.29 is 27.1 Å². The fraction of sp³-hybridized carbons (Fsp3) is 0.333. The van der Waals surface area contributed by atoms with Crippen molar-refractivity contribution in [1.82, 2.24) is 9.29 Å². The SMILES string of the molecule is COC(=O)c1sccc1S(=O)(=O)N1CCC(Oc2nc3ccc(F)cc3s2)CC1. The number of halogens is 1. The highest BCUT2D eigenvalue weighted by Gasteiger charge is 2.34. The molecule has 7 nitrogen and oxygen atoms in total. The molecular weight excluding hydrogens is 439 g/mol. The van der Waals surface area contributed by atoms with Gasteiger partial charge in [-0.3, -0.25) is 0 Å². The number of sulfonamides is 1. The number of carbonyl (C=O) groups excluding carboxylic acids is 1. The Morgan fingerprint density at radius 3 is 2.76 bits per heavy atom. The molecule has 1 aliphatic rings. The van der Waals surface area contributed by atoms with Crippen molar-refractivity contribution in [2.45, 2.75) is 23.8 Å². The zero-order valence-electron chi connectivity index (χ0n) is 15.3. The van der Waals surface area contributed by atoms with Crippen LogP contribution in [-0.4, -0.2) is 50.0 Å². The number of ether oxygens (including phenoxy) is 2. The van der Waals surface area contributed by atoms with Gasteiger partial charge in [-0.15, -0.1) is 11.3 Å². The maximum absolute atomic E-state index is 13.3. The van der Waals surface area contributed by atoms with E-state index in [1.165, 1.54) is 41.0 Å². The van der Waals surface area contributed by atoms with E-state index in [4.69, 9.17) is 4.74 Å². The molecule has 11 heteroatoms. The van der Waals surface area contributed by atoms with E-state index in [0.717, 1.165) is 11.3 Å². The minimum atomic E-state index is -3.79. The molecule has 0 radical (unpaired) electrons. The number of rotatable bonds is 5. The molecule has 0 atom stereocenters. The molecule has 154 valence electrons. The van der Waals surface area contributed by atoms with Gasteiger partial charge in [0.15, 0.2) is 0 Å². The van der Waals surface area contributed by atoms with E-state index in [2.05, 4.69) is 9.72 Å². The van der Waals surface area contributed by atoms with Crippen molar-refractivity contribution in [1.29, 1.82) is 0 Å². The first-order valence-electron chi connectivity index (χ1n) is 8.77. The zero-order valence-corrected chi connectivity index (χ0v) is 17.8. The molecule has 0 unspecified atom stereocenters. The van der Waals surface area contributed by atoms with Gasteiger partial charge >= 0.3 is 5.97 Å². The van der Waals surface area contributed by atoms with E-state index in [-0.39, 0.29) is 34.8 Å². The highest BCUT2D eigenvalue weighted by Crippen LogP contribution is 2.32. The molecule has 0 spiro atoms. The van der Waals surface area contributed by atoms with Crippen LogP contribution in [0.3, 0.4) is 0 Å². The van der Waals surface area contributed by atoms with Gasteiger partial charge in [-0.25, -0.2) is 22.6 Å². The number of nitrogens with zero attached hydrogens (tertiary/aromatic N) is 2. The molecule has 3 heterocycles. The molecule has 1 aliphatic heterocycles. The number of methoxy groups -OCH3 is 1. The number of esters is 1. The third-order valence-electron chi connectivity index (χ3n) is 4.62. The quantitative estimate of drug-likeness (QED) is 0.546. The molecule has 0 amide bonds. The maximum atomic E-state index is 13.3. The Hall–Kier alpha value is -2.08. The number of thiazole rings is 1. The average Bonchev–Trinajstić information content (AvgIpc) is 3.34. The highest BCUT2D eigenvalue weighted by atomic mass is 32.2. The van der Waals surface area contributed by atoms with E-state index in [1.807, 2.05) is 0 Å². The molecule has 0 N–H and O–H groups in total. The van der Waals surface area contributed by atoms with Crippen molar-refractivity contribution in [3.8, 4) is 5.19 Å². The first kappa shape index (κ1) is 20.2. The molecule has 3 aromatic rings. The van der Waals surface area contributed by atoms with Crippen molar-refractivity contribution in [2.75, 3.05) is 20.2 Å². The Labute approximate surface area is 174 Å². The molecule has 0 aliphatic carbocycles. The number of piperidine rings is 1. The highest BCUT2D eigenvalue weighted by molar-refractivity contribution is 7.89. The molecule has 4 rings (SSSR count). The summed E-state index contributed by atoms with van der Waals surface area (Å²) in [6.45, 7) is 0.534. The van der Waals surface area contributed by atoms with Crippen LogP contribution in [-0.2, 0) is 14.8 Å². The predicted octanol–water partition coefficient (Wildman–Crippen LogP) is 3.52. The molecule has 0 bridgehead atoms. The van der Waals surface area contributed by atoms with Crippen LogP contribution >= 0.6 is 22.7 Å². The number of hydrogen-bond donors (Lipinski definition) is 0. The summed E-state index contributed by atoms with van der Waals surface area (Å²) in [5, 5.41) is 2.00. The second-order valence-electron chi connectivity index (χ2n) is 6.42. The van der Waals surface area contributed by atoms with Crippen LogP contribution in [0.1, 0.15) is 22.5 Å². The van der Waals surface area contributed by atoms with Crippen LogP contribution in [0.4, 0.5) is 4.39 Å². The molecule has 1 saturated heterocycles. The van der Waals surface area contributed by atoms with Crippen LogP contribution in [0.5, 0.6) is 5.19 Å². The lowest BCUT2D eigenvalue weighted by atomic mass is 10.1. The molecule has 29 heavy (non-hydrogen) atoms. The minimum absolute atomic E-state index is 0.0260. The van der Waals surface area contributed by atoms with Crippen molar-refractivity contribution in [3.05, 3.63) is 40.3 Å². The Morgan fingerprint density at radius 2 is 2.03 bits per heavy atom. The summed E-state index contributed by atoms with van der Waals surface area (Å²) in [6.07, 6.45) is 0.789. The lowest BCUT2D eigenvalue weighted by molar-refractivity contribution is 0.0602. The number of thiophene rings is 1. The first-order chi connectivity index (χ1) is 13.9.